The fourth-order valence-electron chi connectivity index (χ4n) is 1.89. The molecule has 1 aliphatic rings. The van der Waals surface area contributed by atoms with Gasteiger partial charge in [-0.15, -0.1) is 0 Å². The lowest BCUT2D eigenvalue weighted by atomic mass is 10.3. The molecule has 2 rings (SSSR count). The van der Waals surface area contributed by atoms with Crippen LogP contribution in [0.3, 0.4) is 0 Å². The third kappa shape index (κ3) is 2.70. The first-order chi connectivity index (χ1) is 7.70. The summed E-state index contributed by atoms with van der Waals surface area (Å²) in [5.74, 6) is 2.01. The van der Waals surface area contributed by atoms with Gasteiger partial charge in [-0.25, -0.2) is 4.98 Å². The molecule has 0 saturated heterocycles. The van der Waals surface area contributed by atoms with Gasteiger partial charge in [0.15, 0.2) is 0 Å². The summed E-state index contributed by atoms with van der Waals surface area (Å²) in [4.78, 5) is 18.8. The highest BCUT2D eigenvalue weighted by Gasteiger charge is 2.36. The fraction of sp³-hybridized carbons (Fsp3) is 0.667. The molecule has 0 radical (unpaired) electrons. The number of hydrogen-bond donors (Lipinski definition) is 2. The van der Waals surface area contributed by atoms with Crippen LogP contribution in [0.5, 0.6) is 0 Å². The molecule has 1 aromatic rings. The van der Waals surface area contributed by atoms with Crippen LogP contribution in [-0.2, 0) is 6.54 Å². The van der Waals surface area contributed by atoms with Crippen molar-refractivity contribution >= 4 is 0 Å². The SMILES string of the molecule is CCCNCc1cc(=O)[nH]c(C2CC2C)n1. The van der Waals surface area contributed by atoms with Crippen molar-refractivity contribution in [2.45, 2.75) is 39.2 Å². The minimum atomic E-state index is -0.0302. The minimum Gasteiger partial charge on any atom is -0.311 e. The molecule has 16 heavy (non-hydrogen) atoms. The van der Waals surface area contributed by atoms with E-state index in [9.17, 15) is 4.79 Å². The van der Waals surface area contributed by atoms with Crippen LogP contribution >= 0.6 is 0 Å². The van der Waals surface area contributed by atoms with Crippen molar-refractivity contribution in [2.75, 3.05) is 6.54 Å². The summed E-state index contributed by atoms with van der Waals surface area (Å²) < 4.78 is 0. The van der Waals surface area contributed by atoms with Crippen LogP contribution in [0.15, 0.2) is 10.9 Å². The highest BCUT2D eigenvalue weighted by molar-refractivity contribution is 5.12. The van der Waals surface area contributed by atoms with E-state index in [0.717, 1.165) is 30.9 Å². The quantitative estimate of drug-likeness (QED) is 0.739. The van der Waals surface area contributed by atoms with E-state index in [1.54, 1.807) is 6.07 Å². The molecule has 88 valence electrons. The number of nitrogens with one attached hydrogen (secondary N) is 2. The van der Waals surface area contributed by atoms with Crippen LogP contribution in [0, 0.1) is 5.92 Å². The Morgan fingerprint density at radius 3 is 3.00 bits per heavy atom. The summed E-state index contributed by atoms with van der Waals surface area (Å²) in [7, 11) is 0. The predicted octanol–water partition coefficient (Wildman–Crippen LogP) is 1.39. The predicted molar refractivity (Wildman–Crippen MR) is 63.4 cm³/mol. The Hall–Kier alpha value is -1.16. The molecule has 0 spiro atoms. The molecule has 2 N–H and O–H groups in total. The molecule has 1 fully saturated rings. The summed E-state index contributed by atoms with van der Waals surface area (Å²) in [6, 6.07) is 1.58. The van der Waals surface area contributed by atoms with Crippen molar-refractivity contribution in [3.8, 4) is 0 Å². The van der Waals surface area contributed by atoms with Crippen molar-refractivity contribution in [1.29, 1.82) is 0 Å². The molecule has 2 unspecified atom stereocenters. The Morgan fingerprint density at radius 2 is 2.38 bits per heavy atom. The second kappa shape index (κ2) is 4.78. The Kier molecular flexibility index (Phi) is 3.39. The summed E-state index contributed by atoms with van der Waals surface area (Å²) in [6.07, 6.45) is 2.24. The Labute approximate surface area is 95.5 Å². The highest BCUT2D eigenvalue weighted by atomic mass is 16.1. The molecule has 1 aromatic heterocycles. The molecule has 0 aromatic carbocycles. The molecular weight excluding hydrogens is 202 g/mol. The summed E-state index contributed by atoms with van der Waals surface area (Å²) in [5.41, 5.74) is 0.823. The molecule has 1 aliphatic carbocycles. The van der Waals surface area contributed by atoms with Crippen LogP contribution < -0.4 is 10.9 Å². The lowest BCUT2D eigenvalue weighted by Gasteiger charge is -2.04. The first-order valence-corrected chi connectivity index (χ1v) is 6.01. The van der Waals surface area contributed by atoms with E-state index in [1.165, 1.54) is 0 Å². The maximum atomic E-state index is 11.5. The Balaban J connectivity index is 2.07. The second-order valence-corrected chi connectivity index (χ2v) is 4.62. The standard InChI is InChI=1S/C12H19N3O/c1-3-4-13-7-9-6-11(16)15-12(14-9)10-5-8(10)2/h6,8,10,13H,3-5,7H2,1-2H3,(H,14,15,16). The van der Waals surface area contributed by atoms with Crippen molar-refractivity contribution in [2.24, 2.45) is 5.92 Å². The minimum absolute atomic E-state index is 0.0302. The topological polar surface area (TPSA) is 57.8 Å². The molecule has 0 amide bonds. The zero-order valence-electron chi connectivity index (χ0n) is 9.92. The van der Waals surface area contributed by atoms with E-state index in [-0.39, 0.29) is 5.56 Å². The van der Waals surface area contributed by atoms with E-state index in [4.69, 9.17) is 0 Å². The average molecular weight is 221 g/mol. The monoisotopic (exact) mass is 221 g/mol. The number of aromatic nitrogens is 2. The lowest BCUT2D eigenvalue weighted by Crippen LogP contribution is -2.19. The molecule has 2 atom stereocenters. The number of aromatic amines is 1. The highest BCUT2D eigenvalue weighted by Crippen LogP contribution is 2.44. The number of H-pyrrole nitrogens is 1. The van der Waals surface area contributed by atoms with E-state index in [1.807, 2.05) is 0 Å². The molecule has 0 bridgehead atoms. The van der Waals surface area contributed by atoms with Gasteiger partial charge in [0.25, 0.3) is 5.56 Å². The first kappa shape index (κ1) is 11.3. The third-order valence-corrected chi connectivity index (χ3v) is 3.01. The van der Waals surface area contributed by atoms with Crippen molar-refractivity contribution in [3.05, 3.63) is 27.9 Å². The van der Waals surface area contributed by atoms with Gasteiger partial charge in [-0.2, -0.15) is 0 Å². The Morgan fingerprint density at radius 1 is 1.62 bits per heavy atom. The summed E-state index contributed by atoms with van der Waals surface area (Å²) >= 11 is 0. The van der Waals surface area contributed by atoms with E-state index >= 15 is 0 Å². The zero-order valence-corrected chi connectivity index (χ0v) is 9.92. The largest absolute Gasteiger partial charge is 0.311 e. The molecular formula is C12H19N3O. The fourth-order valence-corrected chi connectivity index (χ4v) is 1.89. The van der Waals surface area contributed by atoms with Gasteiger partial charge in [0.2, 0.25) is 0 Å². The third-order valence-electron chi connectivity index (χ3n) is 3.01. The van der Waals surface area contributed by atoms with Crippen molar-refractivity contribution in [3.63, 3.8) is 0 Å². The van der Waals surface area contributed by atoms with Gasteiger partial charge < -0.3 is 10.3 Å². The number of nitrogens with zero attached hydrogens (tertiary/aromatic N) is 1. The number of hydrogen-bond acceptors (Lipinski definition) is 3. The maximum Gasteiger partial charge on any atom is 0.251 e. The summed E-state index contributed by atoms with van der Waals surface area (Å²) in [6.45, 7) is 5.96. The average Bonchev–Trinajstić information content (AvgIpc) is 2.95. The molecule has 1 saturated carbocycles. The van der Waals surface area contributed by atoms with Gasteiger partial charge in [0.05, 0.1) is 5.69 Å². The normalized spacial score (nSPS) is 23.4. The molecule has 0 aliphatic heterocycles. The van der Waals surface area contributed by atoms with Crippen LogP contribution in [0.25, 0.3) is 0 Å². The maximum absolute atomic E-state index is 11.5. The molecule has 4 heteroatoms. The van der Waals surface area contributed by atoms with Crippen LogP contribution in [0.2, 0.25) is 0 Å². The van der Waals surface area contributed by atoms with Gasteiger partial charge >= 0.3 is 0 Å². The van der Waals surface area contributed by atoms with Gasteiger partial charge in [-0.1, -0.05) is 13.8 Å². The van der Waals surface area contributed by atoms with Gasteiger partial charge in [-0.05, 0) is 25.3 Å². The van der Waals surface area contributed by atoms with Crippen LogP contribution in [0.1, 0.15) is 44.1 Å². The van der Waals surface area contributed by atoms with Gasteiger partial charge in [-0.3, -0.25) is 4.79 Å². The Bertz CT molecular complexity index is 413. The van der Waals surface area contributed by atoms with Crippen molar-refractivity contribution < 1.29 is 0 Å². The molecule has 1 heterocycles. The smallest absolute Gasteiger partial charge is 0.251 e. The van der Waals surface area contributed by atoms with Gasteiger partial charge in [0, 0.05) is 18.5 Å². The van der Waals surface area contributed by atoms with E-state index in [2.05, 4.69) is 29.1 Å². The lowest BCUT2D eigenvalue weighted by molar-refractivity contribution is 0.656. The van der Waals surface area contributed by atoms with E-state index < -0.39 is 0 Å². The van der Waals surface area contributed by atoms with Crippen LogP contribution in [0.4, 0.5) is 0 Å². The van der Waals surface area contributed by atoms with Crippen molar-refractivity contribution in [1.82, 2.24) is 15.3 Å². The number of rotatable bonds is 5. The second-order valence-electron chi connectivity index (χ2n) is 4.62. The van der Waals surface area contributed by atoms with Gasteiger partial charge in [0.1, 0.15) is 5.82 Å². The zero-order chi connectivity index (χ0) is 11.5. The van der Waals surface area contributed by atoms with E-state index in [0.29, 0.717) is 18.4 Å². The van der Waals surface area contributed by atoms with Crippen LogP contribution in [-0.4, -0.2) is 16.5 Å². The molecule has 4 nitrogen and oxygen atoms in total. The first-order valence-electron chi connectivity index (χ1n) is 6.01. The summed E-state index contributed by atoms with van der Waals surface area (Å²) in [5, 5.41) is 3.26.